The highest BCUT2D eigenvalue weighted by Gasteiger charge is 2.62. The standard InChI is InChI=1S/C21H27F7N6O4/c1-18(2,3)34(17(37)38)12(9-32-11-19(22,23)5-4-14(32)35)8-15(36)31-6-7-33-13(10-31)29-30-16(33)20(24,25)21(26,27)28/h12H,4-11H2,1-3H3,(H,37,38)/t12-/m0/s1. The molecule has 1 N–H and O–H groups in total. The van der Waals surface area contributed by atoms with Crippen molar-refractivity contribution in [1.29, 1.82) is 0 Å². The molecular weight excluding hydrogens is 533 g/mol. The zero-order chi connectivity index (χ0) is 28.8. The normalized spacial score (nSPS) is 19.3. The number of carboxylic acid groups (broad SMARTS) is 1. The van der Waals surface area contributed by atoms with Crippen LogP contribution in [0.15, 0.2) is 0 Å². The molecule has 3 amide bonds. The minimum Gasteiger partial charge on any atom is -0.465 e. The maximum absolute atomic E-state index is 14.0. The fraction of sp³-hybridized carbons (Fsp3) is 0.762. The van der Waals surface area contributed by atoms with Gasteiger partial charge < -0.3 is 19.5 Å². The van der Waals surface area contributed by atoms with Gasteiger partial charge in [-0.3, -0.25) is 14.5 Å². The first-order valence-electron chi connectivity index (χ1n) is 11.6. The van der Waals surface area contributed by atoms with Crippen LogP contribution in [0.5, 0.6) is 0 Å². The fourth-order valence-corrected chi connectivity index (χ4v) is 4.60. The second-order valence-electron chi connectivity index (χ2n) is 10.3. The summed E-state index contributed by atoms with van der Waals surface area (Å²) in [4.78, 5) is 40.3. The molecular formula is C21H27F7N6O4. The molecule has 2 aliphatic rings. The lowest BCUT2D eigenvalue weighted by molar-refractivity contribution is -0.293. The fourth-order valence-electron chi connectivity index (χ4n) is 4.60. The minimum atomic E-state index is -5.91. The molecule has 0 radical (unpaired) electrons. The van der Waals surface area contributed by atoms with E-state index < -0.39 is 98.8 Å². The number of rotatable bonds is 6. The molecule has 1 atom stereocenters. The average molecular weight is 560 g/mol. The van der Waals surface area contributed by atoms with Gasteiger partial charge in [0.1, 0.15) is 0 Å². The molecule has 0 saturated carbocycles. The van der Waals surface area contributed by atoms with Gasteiger partial charge in [0.05, 0.1) is 19.1 Å². The van der Waals surface area contributed by atoms with Crippen molar-refractivity contribution in [2.24, 2.45) is 0 Å². The Balaban J connectivity index is 1.83. The van der Waals surface area contributed by atoms with E-state index in [1.54, 1.807) is 0 Å². The second-order valence-corrected chi connectivity index (χ2v) is 10.3. The first kappa shape index (κ1) is 29.4. The predicted molar refractivity (Wildman–Crippen MR) is 114 cm³/mol. The van der Waals surface area contributed by atoms with Gasteiger partial charge in [-0.2, -0.15) is 22.0 Å². The summed E-state index contributed by atoms with van der Waals surface area (Å²) in [7, 11) is 0. The van der Waals surface area contributed by atoms with Gasteiger partial charge in [0.25, 0.3) is 5.92 Å². The molecule has 1 aromatic heterocycles. The van der Waals surface area contributed by atoms with E-state index in [4.69, 9.17) is 0 Å². The Kier molecular flexibility index (Phi) is 7.64. The Morgan fingerprint density at radius 3 is 2.29 bits per heavy atom. The number of fused-ring (bicyclic) bond motifs is 1. The summed E-state index contributed by atoms with van der Waals surface area (Å²) >= 11 is 0. The van der Waals surface area contributed by atoms with Crippen molar-refractivity contribution in [3.8, 4) is 0 Å². The third kappa shape index (κ3) is 5.95. The number of nitrogens with zero attached hydrogens (tertiary/aromatic N) is 6. The van der Waals surface area contributed by atoms with Gasteiger partial charge in [-0.15, -0.1) is 10.2 Å². The number of hydrogen-bond donors (Lipinski definition) is 1. The first-order valence-corrected chi connectivity index (χ1v) is 11.6. The van der Waals surface area contributed by atoms with E-state index in [2.05, 4.69) is 10.2 Å². The van der Waals surface area contributed by atoms with E-state index in [0.717, 1.165) is 14.7 Å². The van der Waals surface area contributed by atoms with Crippen LogP contribution in [0.4, 0.5) is 35.5 Å². The van der Waals surface area contributed by atoms with Crippen LogP contribution in [-0.2, 0) is 28.6 Å². The highest BCUT2D eigenvalue weighted by Crippen LogP contribution is 2.43. The van der Waals surface area contributed by atoms with E-state index in [0.29, 0.717) is 4.57 Å². The van der Waals surface area contributed by atoms with Crippen LogP contribution in [0.25, 0.3) is 0 Å². The molecule has 0 bridgehead atoms. The lowest BCUT2D eigenvalue weighted by atomic mass is 9.99. The number of alkyl halides is 7. The number of hydrogen-bond acceptors (Lipinski definition) is 5. The van der Waals surface area contributed by atoms with Crippen LogP contribution in [0.3, 0.4) is 0 Å². The number of aromatic nitrogens is 3. The zero-order valence-electron chi connectivity index (χ0n) is 20.7. The molecule has 38 heavy (non-hydrogen) atoms. The van der Waals surface area contributed by atoms with Crippen LogP contribution in [0.2, 0.25) is 0 Å². The van der Waals surface area contributed by atoms with Crippen LogP contribution in [-0.4, -0.2) is 95.8 Å². The van der Waals surface area contributed by atoms with Gasteiger partial charge in [-0.1, -0.05) is 0 Å². The lowest BCUT2D eigenvalue weighted by Gasteiger charge is -2.43. The highest BCUT2D eigenvalue weighted by molar-refractivity contribution is 5.79. The molecule has 2 aliphatic heterocycles. The van der Waals surface area contributed by atoms with Crippen molar-refractivity contribution in [2.45, 2.75) is 82.7 Å². The molecule has 3 heterocycles. The number of carbonyl (C=O) groups excluding carboxylic acids is 2. The molecule has 1 aromatic rings. The summed E-state index contributed by atoms with van der Waals surface area (Å²) in [5.41, 5.74) is -1.11. The molecule has 0 aliphatic carbocycles. The predicted octanol–water partition coefficient (Wildman–Crippen LogP) is 3.07. The molecule has 0 unspecified atom stereocenters. The minimum absolute atomic E-state index is 0.319. The van der Waals surface area contributed by atoms with Gasteiger partial charge in [0.15, 0.2) is 5.82 Å². The Bertz CT molecular complexity index is 1090. The maximum atomic E-state index is 14.0. The van der Waals surface area contributed by atoms with Gasteiger partial charge in [0.2, 0.25) is 17.6 Å². The average Bonchev–Trinajstić information content (AvgIpc) is 3.18. The molecule has 10 nitrogen and oxygen atoms in total. The van der Waals surface area contributed by atoms with Crippen molar-refractivity contribution in [2.75, 3.05) is 19.6 Å². The van der Waals surface area contributed by atoms with E-state index in [1.807, 2.05) is 0 Å². The Morgan fingerprint density at radius 1 is 1.11 bits per heavy atom. The van der Waals surface area contributed by atoms with Crippen molar-refractivity contribution in [3.05, 3.63) is 11.6 Å². The molecule has 3 rings (SSSR count). The van der Waals surface area contributed by atoms with Crippen LogP contribution in [0, 0.1) is 0 Å². The third-order valence-corrected chi connectivity index (χ3v) is 6.36. The number of likely N-dealkylation sites (tertiary alicyclic amines) is 1. The Morgan fingerprint density at radius 2 is 1.74 bits per heavy atom. The molecule has 17 heteroatoms. The van der Waals surface area contributed by atoms with E-state index >= 15 is 0 Å². The van der Waals surface area contributed by atoms with Crippen molar-refractivity contribution in [3.63, 3.8) is 0 Å². The van der Waals surface area contributed by atoms with E-state index in [1.165, 1.54) is 20.8 Å². The summed E-state index contributed by atoms with van der Waals surface area (Å²) in [6.07, 6.45) is -9.06. The Labute approximate surface area is 212 Å². The van der Waals surface area contributed by atoms with E-state index in [9.17, 15) is 50.2 Å². The lowest BCUT2D eigenvalue weighted by Crippen LogP contribution is -2.58. The van der Waals surface area contributed by atoms with E-state index in [-0.39, 0.29) is 12.4 Å². The van der Waals surface area contributed by atoms with Gasteiger partial charge >= 0.3 is 18.2 Å². The summed E-state index contributed by atoms with van der Waals surface area (Å²) in [6, 6.07) is -1.26. The zero-order valence-corrected chi connectivity index (χ0v) is 20.7. The van der Waals surface area contributed by atoms with Crippen molar-refractivity contribution < 1.29 is 50.2 Å². The second kappa shape index (κ2) is 9.87. The largest absolute Gasteiger partial charge is 0.465 e. The van der Waals surface area contributed by atoms with Crippen LogP contribution in [0.1, 0.15) is 51.7 Å². The third-order valence-electron chi connectivity index (χ3n) is 6.36. The highest BCUT2D eigenvalue weighted by atomic mass is 19.4. The number of carbonyl (C=O) groups is 3. The topological polar surface area (TPSA) is 112 Å². The van der Waals surface area contributed by atoms with Crippen molar-refractivity contribution in [1.82, 2.24) is 29.5 Å². The summed E-state index contributed by atoms with van der Waals surface area (Å²) in [5, 5.41) is 16.2. The quantitative estimate of drug-likeness (QED) is 0.536. The number of amides is 3. The summed E-state index contributed by atoms with van der Waals surface area (Å²) in [6.45, 7) is 1.78. The smallest absolute Gasteiger partial charge is 0.461 e. The monoisotopic (exact) mass is 560 g/mol. The van der Waals surface area contributed by atoms with Gasteiger partial charge in [-0.25, -0.2) is 13.6 Å². The molecule has 1 saturated heterocycles. The molecule has 0 spiro atoms. The number of halogens is 7. The van der Waals surface area contributed by atoms with Crippen LogP contribution >= 0.6 is 0 Å². The van der Waals surface area contributed by atoms with Crippen molar-refractivity contribution >= 4 is 17.9 Å². The Hall–Kier alpha value is -3.14. The summed E-state index contributed by atoms with van der Waals surface area (Å²) in [5.74, 6) is -11.8. The van der Waals surface area contributed by atoms with Gasteiger partial charge in [-0.05, 0) is 20.8 Å². The molecule has 0 aromatic carbocycles. The maximum Gasteiger partial charge on any atom is 0.461 e. The molecule has 1 fully saturated rings. The first-order chi connectivity index (χ1) is 17.2. The van der Waals surface area contributed by atoms with Gasteiger partial charge in [0, 0.05) is 44.4 Å². The summed E-state index contributed by atoms with van der Waals surface area (Å²) < 4.78 is 94.6. The SMILES string of the molecule is CC(C)(C)N(C(=O)O)[C@@H](CC(=O)N1CCn2c(nnc2C(F)(F)C(F)(F)F)C1)CN1CC(F)(F)CCC1=O. The van der Waals surface area contributed by atoms with Crippen LogP contribution < -0.4 is 0 Å². The number of piperidine rings is 1. The molecule has 214 valence electrons.